The molecule has 1 aliphatic rings. The monoisotopic (exact) mass is 300 g/mol. The lowest BCUT2D eigenvalue weighted by molar-refractivity contribution is -0.135. The van der Waals surface area contributed by atoms with E-state index in [0.717, 1.165) is 31.2 Å². The van der Waals surface area contributed by atoms with Crippen molar-refractivity contribution in [2.24, 2.45) is 0 Å². The van der Waals surface area contributed by atoms with Gasteiger partial charge in [0.25, 0.3) is 0 Å². The van der Waals surface area contributed by atoms with E-state index < -0.39 is 12.6 Å². The molecule has 0 atom stereocenters. The van der Waals surface area contributed by atoms with Crippen molar-refractivity contribution < 1.29 is 18.3 Å². The molecule has 0 unspecified atom stereocenters. The molecule has 1 aromatic rings. The maximum atomic E-state index is 12.0. The van der Waals surface area contributed by atoms with Crippen LogP contribution >= 0.6 is 0 Å². The molecule has 1 aliphatic carbocycles. The fourth-order valence-corrected chi connectivity index (χ4v) is 3.02. The van der Waals surface area contributed by atoms with Gasteiger partial charge in [-0.1, -0.05) is 24.3 Å². The topological polar surface area (TPSA) is 20.2 Å². The fourth-order valence-electron chi connectivity index (χ4n) is 3.02. The van der Waals surface area contributed by atoms with Crippen LogP contribution in [0, 0.1) is 0 Å². The van der Waals surface area contributed by atoms with Gasteiger partial charge in [0.15, 0.2) is 0 Å². The first-order valence-electron chi connectivity index (χ1n) is 7.78. The average molecular weight is 300 g/mol. The minimum absolute atomic E-state index is 0.144. The van der Waals surface area contributed by atoms with Crippen molar-refractivity contribution in [3.63, 3.8) is 0 Å². The minimum Gasteiger partial charge on any atom is -0.393 e. The predicted molar refractivity (Wildman–Crippen MR) is 77.3 cm³/mol. The number of hydrogen-bond acceptors (Lipinski definition) is 1. The Morgan fingerprint density at radius 2 is 1.57 bits per heavy atom. The summed E-state index contributed by atoms with van der Waals surface area (Å²) in [6.45, 7) is 0. The van der Waals surface area contributed by atoms with Crippen LogP contribution in [0.5, 0.6) is 0 Å². The van der Waals surface area contributed by atoms with Gasteiger partial charge in [-0.05, 0) is 62.0 Å². The van der Waals surface area contributed by atoms with Crippen molar-refractivity contribution in [1.29, 1.82) is 0 Å². The third-order valence-electron chi connectivity index (χ3n) is 4.32. The van der Waals surface area contributed by atoms with Gasteiger partial charge in [-0.3, -0.25) is 0 Å². The Hall–Kier alpha value is -1.03. The molecule has 4 heteroatoms. The third-order valence-corrected chi connectivity index (χ3v) is 4.32. The number of rotatable bonds is 5. The molecule has 0 bridgehead atoms. The van der Waals surface area contributed by atoms with E-state index in [1.54, 1.807) is 0 Å². The number of aryl methyl sites for hydroxylation is 1. The van der Waals surface area contributed by atoms with E-state index in [4.69, 9.17) is 0 Å². The van der Waals surface area contributed by atoms with Gasteiger partial charge in [0.05, 0.1) is 6.10 Å². The fraction of sp³-hybridized carbons (Fsp3) is 0.647. The van der Waals surface area contributed by atoms with Gasteiger partial charge in [0, 0.05) is 6.42 Å². The lowest BCUT2D eigenvalue weighted by Crippen LogP contribution is -2.16. The zero-order valence-electron chi connectivity index (χ0n) is 12.2. The Kier molecular flexibility index (Phi) is 5.68. The molecular formula is C17H23F3O. The normalized spacial score (nSPS) is 23.2. The summed E-state index contributed by atoms with van der Waals surface area (Å²) in [5.41, 5.74) is 2.40. The second kappa shape index (κ2) is 7.30. The summed E-state index contributed by atoms with van der Waals surface area (Å²) in [6, 6.07) is 8.27. The Bertz CT molecular complexity index is 417. The van der Waals surface area contributed by atoms with Crippen LogP contribution in [0.15, 0.2) is 24.3 Å². The van der Waals surface area contributed by atoms with Crippen LogP contribution in [0.3, 0.4) is 0 Å². The molecule has 0 aromatic heterocycles. The van der Waals surface area contributed by atoms with E-state index in [9.17, 15) is 18.3 Å². The first-order chi connectivity index (χ1) is 9.94. The Balaban J connectivity index is 1.77. The van der Waals surface area contributed by atoms with Crippen molar-refractivity contribution in [1.82, 2.24) is 0 Å². The number of halogens is 3. The third kappa shape index (κ3) is 5.70. The number of aliphatic hydroxyl groups is 1. The van der Waals surface area contributed by atoms with Gasteiger partial charge in [0.2, 0.25) is 0 Å². The number of benzene rings is 1. The number of aliphatic hydroxyl groups excluding tert-OH is 1. The maximum absolute atomic E-state index is 12.0. The number of hydrogen-bond donors (Lipinski definition) is 1. The predicted octanol–water partition coefficient (Wildman–Crippen LogP) is 4.98. The van der Waals surface area contributed by atoms with Crippen molar-refractivity contribution in [3.8, 4) is 0 Å². The van der Waals surface area contributed by atoms with Crippen molar-refractivity contribution in [2.45, 2.75) is 69.6 Å². The molecule has 0 spiro atoms. The van der Waals surface area contributed by atoms with Gasteiger partial charge in [-0.2, -0.15) is 13.2 Å². The highest BCUT2D eigenvalue weighted by Crippen LogP contribution is 2.33. The first-order valence-corrected chi connectivity index (χ1v) is 7.78. The Labute approximate surface area is 124 Å². The van der Waals surface area contributed by atoms with E-state index in [1.807, 2.05) is 12.1 Å². The standard InChI is InChI=1S/C17H23F3O/c18-17(19,20)12-2-1-3-13-4-6-14(7-5-13)15-8-10-16(21)11-9-15/h4-7,15-16,21H,1-3,8-12H2. The molecular weight excluding hydrogens is 277 g/mol. The molecule has 2 rings (SSSR count). The lowest BCUT2D eigenvalue weighted by atomic mass is 9.82. The van der Waals surface area contributed by atoms with Crippen LogP contribution in [0.4, 0.5) is 13.2 Å². The number of alkyl halides is 3. The highest BCUT2D eigenvalue weighted by atomic mass is 19.4. The summed E-state index contributed by atoms with van der Waals surface area (Å²) in [5, 5.41) is 9.52. The van der Waals surface area contributed by atoms with Gasteiger partial charge < -0.3 is 5.11 Å². The molecule has 1 aromatic carbocycles. The van der Waals surface area contributed by atoms with Gasteiger partial charge >= 0.3 is 6.18 Å². The molecule has 1 nitrogen and oxygen atoms in total. The average Bonchev–Trinajstić information content (AvgIpc) is 2.44. The van der Waals surface area contributed by atoms with Crippen molar-refractivity contribution >= 4 is 0 Å². The highest BCUT2D eigenvalue weighted by Gasteiger charge is 2.25. The molecule has 1 saturated carbocycles. The second-order valence-corrected chi connectivity index (χ2v) is 6.07. The van der Waals surface area contributed by atoms with Gasteiger partial charge in [-0.15, -0.1) is 0 Å². The van der Waals surface area contributed by atoms with Crippen molar-refractivity contribution in [2.75, 3.05) is 0 Å². The summed E-state index contributed by atoms with van der Waals surface area (Å²) in [6.07, 6.45) is 0.394. The quantitative estimate of drug-likeness (QED) is 0.760. The van der Waals surface area contributed by atoms with Crippen molar-refractivity contribution in [3.05, 3.63) is 35.4 Å². The molecule has 0 radical (unpaired) electrons. The summed E-state index contributed by atoms with van der Waals surface area (Å²) >= 11 is 0. The van der Waals surface area contributed by atoms with E-state index in [1.165, 1.54) is 5.56 Å². The molecule has 0 aliphatic heterocycles. The van der Waals surface area contributed by atoms with E-state index in [2.05, 4.69) is 12.1 Å². The van der Waals surface area contributed by atoms with Crippen LogP contribution < -0.4 is 0 Å². The molecule has 0 heterocycles. The first kappa shape index (κ1) is 16.3. The molecule has 0 amide bonds. The molecule has 1 N–H and O–H groups in total. The zero-order valence-corrected chi connectivity index (χ0v) is 12.2. The number of unbranched alkanes of at least 4 members (excludes halogenated alkanes) is 1. The van der Waals surface area contributed by atoms with E-state index in [-0.39, 0.29) is 12.5 Å². The van der Waals surface area contributed by atoms with Crippen LogP contribution in [0.1, 0.15) is 62.0 Å². The SMILES string of the molecule is OC1CCC(c2ccc(CCCCC(F)(F)F)cc2)CC1. The highest BCUT2D eigenvalue weighted by molar-refractivity contribution is 5.26. The lowest BCUT2D eigenvalue weighted by Gasteiger charge is -2.25. The molecule has 1 fully saturated rings. The Morgan fingerprint density at radius 3 is 2.14 bits per heavy atom. The molecule has 118 valence electrons. The summed E-state index contributed by atoms with van der Waals surface area (Å²) in [4.78, 5) is 0. The van der Waals surface area contributed by atoms with E-state index in [0.29, 0.717) is 18.8 Å². The van der Waals surface area contributed by atoms with Crippen LogP contribution in [0.2, 0.25) is 0 Å². The van der Waals surface area contributed by atoms with Crippen LogP contribution in [-0.2, 0) is 6.42 Å². The van der Waals surface area contributed by atoms with Crippen LogP contribution in [0.25, 0.3) is 0 Å². The van der Waals surface area contributed by atoms with Gasteiger partial charge in [-0.25, -0.2) is 0 Å². The second-order valence-electron chi connectivity index (χ2n) is 6.07. The smallest absolute Gasteiger partial charge is 0.389 e. The summed E-state index contributed by atoms with van der Waals surface area (Å²) in [5.74, 6) is 0.521. The van der Waals surface area contributed by atoms with Crippen LogP contribution in [-0.4, -0.2) is 17.4 Å². The maximum Gasteiger partial charge on any atom is 0.389 e. The molecule has 21 heavy (non-hydrogen) atoms. The summed E-state index contributed by atoms with van der Waals surface area (Å²) < 4.78 is 36.1. The van der Waals surface area contributed by atoms with Gasteiger partial charge in [0.1, 0.15) is 0 Å². The zero-order chi connectivity index (χ0) is 15.3. The summed E-state index contributed by atoms with van der Waals surface area (Å²) in [7, 11) is 0. The minimum atomic E-state index is -4.03. The van der Waals surface area contributed by atoms with E-state index >= 15 is 0 Å². The largest absolute Gasteiger partial charge is 0.393 e. The molecule has 0 saturated heterocycles. The Morgan fingerprint density at radius 1 is 0.952 bits per heavy atom.